The van der Waals surface area contributed by atoms with Gasteiger partial charge in [-0.15, -0.1) is 0 Å². The van der Waals surface area contributed by atoms with Crippen LogP contribution >= 0.6 is 0 Å². The average Bonchev–Trinajstić information content (AvgIpc) is 1.86. The summed E-state index contributed by atoms with van der Waals surface area (Å²) in [4.78, 5) is 0. The SMILES string of the molecule is CC1OBOC1(C)C. The van der Waals surface area contributed by atoms with Gasteiger partial charge in [-0.3, -0.25) is 0 Å². The summed E-state index contributed by atoms with van der Waals surface area (Å²) in [6, 6.07) is 0. The number of hydrogen-bond acceptors (Lipinski definition) is 2. The Morgan fingerprint density at radius 2 is 2.12 bits per heavy atom. The molecule has 0 aromatic heterocycles. The lowest BCUT2D eigenvalue weighted by atomic mass is 10.0. The van der Waals surface area contributed by atoms with Gasteiger partial charge in [0.15, 0.2) is 0 Å². The molecule has 2 nitrogen and oxygen atoms in total. The predicted octanol–water partition coefficient (Wildman–Crippen LogP) is 0.467. The van der Waals surface area contributed by atoms with Crippen molar-refractivity contribution in [2.75, 3.05) is 0 Å². The molecule has 1 heterocycles. The summed E-state index contributed by atoms with van der Waals surface area (Å²) in [5, 5.41) is 0. The molecule has 1 saturated heterocycles. The Morgan fingerprint density at radius 1 is 1.50 bits per heavy atom. The summed E-state index contributed by atoms with van der Waals surface area (Å²) >= 11 is 0. The third-order valence-electron chi connectivity index (χ3n) is 1.73. The quantitative estimate of drug-likeness (QED) is 0.426. The minimum Gasteiger partial charge on any atom is -0.409 e. The Labute approximate surface area is 50.5 Å². The maximum absolute atomic E-state index is 5.23. The molecular formula is C5H11BO2. The summed E-state index contributed by atoms with van der Waals surface area (Å²) in [5.41, 5.74) is -0.0694. The molecule has 0 aliphatic carbocycles. The molecule has 1 atom stereocenters. The Morgan fingerprint density at radius 3 is 2.25 bits per heavy atom. The maximum atomic E-state index is 5.23. The van der Waals surface area contributed by atoms with Gasteiger partial charge in [-0.1, -0.05) is 0 Å². The first-order valence-corrected chi connectivity index (χ1v) is 2.88. The summed E-state index contributed by atoms with van der Waals surface area (Å²) in [6.07, 6.45) is 0.238. The van der Waals surface area contributed by atoms with Crippen LogP contribution in [-0.2, 0) is 9.31 Å². The van der Waals surface area contributed by atoms with Crippen LogP contribution in [0.5, 0.6) is 0 Å². The van der Waals surface area contributed by atoms with E-state index in [0.717, 1.165) is 0 Å². The van der Waals surface area contributed by atoms with E-state index in [4.69, 9.17) is 9.31 Å². The molecule has 0 spiro atoms. The normalized spacial score (nSPS) is 34.6. The molecule has 46 valence electrons. The highest BCUT2D eigenvalue weighted by Crippen LogP contribution is 2.21. The topological polar surface area (TPSA) is 18.5 Å². The van der Waals surface area contributed by atoms with E-state index in [1.165, 1.54) is 0 Å². The van der Waals surface area contributed by atoms with Gasteiger partial charge >= 0.3 is 7.69 Å². The molecule has 1 aliphatic rings. The molecule has 0 radical (unpaired) electrons. The smallest absolute Gasteiger partial charge is 0.409 e. The monoisotopic (exact) mass is 114 g/mol. The van der Waals surface area contributed by atoms with Gasteiger partial charge in [0, 0.05) is 0 Å². The molecule has 0 amide bonds. The molecule has 0 saturated carbocycles. The van der Waals surface area contributed by atoms with Gasteiger partial charge in [0.05, 0.1) is 11.7 Å². The minimum atomic E-state index is -0.0694. The van der Waals surface area contributed by atoms with E-state index in [1.807, 2.05) is 20.8 Å². The van der Waals surface area contributed by atoms with Crippen molar-refractivity contribution in [2.45, 2.75) is 32.5 Å². The van der Waals surface area contributed by atoms with E-state index in [-0.39, 0.29) is 11.7 Å². The Bertz CT molecular complexity index is 92.4. The largest absolute Gasteiger partial charge is 0.438 e. The fourth-order valence-electron chi connectivity index (χ4n) is 0.606. The van der Waals surface area contributed by atoms with Crippen molar-refractivity contribution >= 4 is 7.69 Å². The molecule has 8 heavy (non-hydrogen) atoms. The van der Waals surface area contributed by atoms with Gasteiger partial charge in [0.25, 0.3) is 0 Å². The minimum absolute atomic E-state index is 0.0694. The van der Waals surface area contributed by atoms with Crippen LogP contribution in [0.3, 0.4) is 0 Å². The molecule has 1 aliphatic heterocycles. The highest BCUT2D eigenvalue weighted by atomic mass is 16.6. The van der Waals surface area contributed by atoms with E-state index in [9.17, 15) is 0 Å². The number of rotatable bonds is 0. The highest BCUT2D eigenvalue weighted by molar-refractivity contribution is 6.19. The molecule has 1 fully saturated rings. The predicted molar refractivity (Wildman–Crippen MR) is 32.9 cm³/mol. The van der Waals surface area contributed by atoms with Crippen LogP contribution in [0.4, 0.5) is 0 Å². The zero-order valence-corrected chi connectivity index (χ0v) is 5.60. The zero-order chi connectivity index (χ0) is 6.20. The van der Waals surface area contributed by atoms with Crippen LogP contribution < -0.4 is 0 Å². The standard InChI is InChI=1S/C5H11BO2/c1-4-5(2,3)8-6-7-4/h4,6H,1-3H3. The second kappa shape index (κ2) is 1.74. The molecule has 1 unspecified atom stereocenters. The van der Waals surface area contributed by atoms with Gasteiger partial charge in [-0.05, 0) is 20.8 Å². The lowest BCUT2D eigenvalue weighted by Crippen LogP contribution is -2.29. The Kier molecular flexibility index (Phi) is 1.33. The summed E-state index contributed by atoms with van der Waals surface area (Å²) in [6.45, 7) is 6.09. The first-order chi connectivity index (χ1) is 3.63. The third-order valence-corrected chi connectivity index (χ3v) is 1.73. The van der Waals surface area contributed by atoms with Crippen molar-refractivity contribution < 1.29 is 9.31 Å². The van der Waals surface area contributed by atoms with Crippen LogP contribution in [0.25, 0.3) is 0 Å². The van der Waals surface area contributed by atoms with Gasteiger partial charge < -0.3 is 9.31 Å². The lowest BCUT2D eigenvalue weighted by molar-refractivity contribution is 0.0846. The van der Waals surface area contributed by atoms with Gasteiger partial charge in [-0.2, -0.15) is 0 Å². The van der Waals surface area contributed by atoms with Gasteiger partial charge in [0.2, 0.25) is 0 Å². The van der Waals surface area contributed by atoms with Gasteiger partial charge in [-0.25, -0.2) is 0 Å². The van der Waals surface area contributed by atoms with Crippen LogP contribution in [0, 0.1) is 0 Å². The fourth-order valence-corrected chi connectivity index (χ4v) is 0.606. The van der Waals surface area contributed by atoms with Crippen LogP contribution in [-0.4, -0.2) is 19.4 Å². The van der Waals surface area contributed by atoms with Crippen LogP contribution in [0.2, 0.25) is 0 Å². The van der Waals surface area contributed by atoms with Crippen molar-refractivity contribution in [3.8, 4) is 0 Å². The first-order valence-electron chi connectivity index (χ1n) is 2.88. The van der Waals surface area contributed by atoms with Crippen molar-refractivity contribution in [1.82, 2.24) is 0 Å². The van der Waals surface area contributed by atoms with E-state index in [1.54, 1.807) is 0 Å². The van der Waals surface area contributed by atoms with Crippen LogP contribution in [0.1, 0.15) is 20.8 Å². The Hall–Kier alpha value is -0.0151. The maximum Gasteiger partial charge on any atom is 0.438 e. The lowest BCUT2D eigenvalue weighted by Gasteiger charge is -2.21. The summed E-state index contributed by atoms with van der Waals surface area (Å²) in [7, 11) is 0.453. The van der Waals surface area contributed by atoms with Crippen molar-refractivity contribution in [3.05, 3.63) is 0 Å². The first kappa shape index (κ1) is 6.11. The van der Waals surface area contributed by atoms with Crippen molar-refractivity contribution in [1.29, 1.82) is 0 Å². The Balaban J connectivity index is 2.54. The highest BCUT2D eigenvalue weighted by Gasteiger charge is 2.33. The second-order valence-corrected chi connectivity index (χ2v) is 2.67. The molecule has 1 rings (SSSR count). The second-order valence-electron chi connectivity index (χ2n) is 2.67. The average molecular weight is 114 g/mol. The molecule has 0 aromatic carbocycles. The van der Waals surface area contributed by atoms with E-state index in [0.29, 0.717) is 7.69 Å². The molecule has 0 N–H and O–H groups in total. The van der Waals surface area contributed by atoms with Crippen LogP contribution in [0.15, 0.2) is 0 Å². The fraction of sp³-hybridized carbons (Fsp3) is 1.00. The zero-order valence-electron chi connectivity index (χ0n) is 5.60. The van der Waals surface area contributed by atoms with E-state index in [2.05, 4.69) is 0 Å². The molecule has 3 heteroatoms. The van der Waals surface area contributed by atoms with Gasteiger partial charge in [0.1, 0.15) is 0 Å². The van der Waals surface area contributed by atoms with E-state index < -0.39 is 0 Å². The molecule has 0 bridgehead atoms. The molecule has 0 aromatic rings. The van der Waals surface area contributed by atoms with Crippen molar-refractivity contribution in [2.24, 2.45) is 0 Å². The van der Waals surface area contributed by atoms with Crippen molar-refractivity contribution in [3.63, 3.8) is 0 Å². The van der Waals surface area contributed by atoms with E-state index >= 15 is 0 Å². The number of hydrogen-bond donors (Lipinski definition) is 0. The molecular weight excluding hydrogens is 103 g/mol. The third kappa shape index (κ3) is 0.882. The summed E-state index contributed by atoms with van der Waals surface area (Å²) in [5.74, 6) is 0. The summed E-state index contributed by atoms with van der Waals surface area (Å²) < 4.78 is 10.4.